The summed E-state index contributed by atoms with van der Waals surface area (Å²) in [5, 5.41) is 2.72. The molecule has 0 saturated heterocycles. The normalized spacial score (nSPS) is 11.3. The van der Waals surface area contributed by atoms with Gasteiger partial charge in [0.1, 0.15) is 18.1 Å². The first-order valence-corrected chi connectivity index (χ1v) is 9.96. The Morgan fingerprint density at radius 3 is 2.23 bits per heavy atom. The zero-order valence-corrected chi connectivity index (χ0v) is 17.5. The van der Waals surface area contributed by atoms with Crippen molar-refractivity contribution in [2.45, 2.75) is 26.6 Å². The molecular weight excluding hydrogens is 394 g/mol. The van der Waals surface area contributed by atoms with Gasteiger partial charge in [-0.3, -0.25) is 4.79 Å². The summed E-state index contributed by atoms with van der Waals surface area (Å²) in [5.74, 6) is 0.163. The third-order valence-electron chi connectivity index (χ3n) is 4.39. The van der Waals surface area contributed by atoms with Crippen LogP contribution >= 0.6 is 0 Å². The van der Waals surface area contributed by atoms with Crippen LogP contribution in [0.15, 0.2) is 78.9 Å². The minimum Gasteiger partial charge on any atom is -0.489 e. The third-order valence-corrected chi connectivity index (χ3v) is 4.39. The van der Waals surface area contributed by atoms with Crippen LogP contribution in [0.5, 0.6) is 11.5 Å². The van der Waals surface area contributed by atoms with E-state index in [0.29, 0.717) is 23.8 Å². The van der Waals surface area contributed by atoms with E-state index >= 15 is 0 Å². The molecule has 0 radical (unpaired) electrons. The van der Waals surface area contributed by atoms with Crippen LogP contribution in [-0.4, -0.2) is 24.6 Å². The smallest absolute Gasteiger partial charge is 0.344 e. The summed E-state index contributed by atoms with van der Waals surface area (Å²) in [6, 6.07) is 24.2. The molecule has 3 rings (SSSR count). The summed E-state index contributed by atoms with van der Waals surface area (Å²) in [6.45, 7) is 3.61. The second-order valence-electron chi connectivity index (χ2n) is 7.03. The SMILES string of the molecule is Cc1cccc(NC(=O)[C@@H](C)OC(=O)COc2ccc(OCc3ccccc3)cc2)c1. The first-order chi connectivity index (χ1) is 15.0. The summed E-state index contributed by atoms with van der Waals surface area (Å²) in [5.41, 5.74) is 2.75. The predicted octanol–water partition coefficient (Wildman–Crippen LogP) is 4.52. The highest BCUT2D eigenvalue weighted by molar-refractivity contribution is 5.95. The largest absolute Gasteiger partial charge is 0.489 e. The van der Waals surface area contributed by atoms with Gasteiger partial charge in [0.2, 0.25) is 0 Å². The van der Waals surface area contributed by atoms with Gasteiger partial charge in [0.05, 0.1) is 0 Å². The van der Waals surface area contributed by atoms with Crippen molar-refractivity contribution in [1.29, 1.82) is 0 Å². The molecule has 31 heavy (non-hydrogen) atoms. The van der Waals surface area contributed by atoms with Crippen molar-refractivity contribution in [3.63, 3.8) is 0 Å². The Balaban J connectivity index is 1.40. The molecule has 0 heterocycles. The van der Waals surface area contributed by atoms with E-state index in [0.717, 1.165) is 11.1 Å². The van der Waals surface area contributed by atoms with Crippen LogP contribution in [0.1, 0.15) is 18.1 Å². The molecule has 0 aliphatic carbocycles. The lowest BCUT2D eigenvalue weighted by molar-refractivity contribution is -0.155. The molecule has 6 nitrogen and oxygen atoms in total. The van der Waals surface area contributed by atoms with Crippen molar-refractivity contribution >= 4 is 17.6 Å². The maximum Gasteiger partial charge on any atom is 0.344 e. The average Bonchev–Trinajstić information content (AvgIpc) is 2.77. The summed E-state index contributed by atoms with van der Waals surface area (Å²) < 4.78 is 16.3. The van der Waals surface area contributed by atoms with Gasteiger partial charge >= 0.3 is 5.97 Å². The molecular formula is C25H25NO5. The first kappa shape index (κ1) is 21.9. The van der Waals surface area contributed by atoms with Gasteiger partial charge < -0.3 is 19.5 Å². The summed E-state index contributed by atoms with van der Waals surface area (Å²) in [7, 11) is 0. The van der Waals surface area contributed by atoms with Crippen LogP contribution in [0.25, 0.3) is 0 Å². The van der Waals surface area contributed by atoms with E-state index in [1.807, 2.05) is 55.5 Å². The standard InChI is InChI=1S/C25H25NO5/c1-18-7-6-10-21(15-18)26-25(28)19(2)31-24(27)17-30-23-13-11-22(12-14-23)29-16-20-8-4-3-5-9-20/h3-15,19H,16-17H2,1-2H3,(H,26,28)/t19-/m1/s1. The number of rotatable bonds is 9. The Bertz CT molecular complexity index is 1000. The van der Waals surface area contributed by atoms with E-state index in [1.165, 1.54) is 6.92 Å². The lowest BCUT2D eigenvalue weighted by Crippen LogP contribution is -2.31. The fourth-order valence-electron chi connectivity index (χ4n) is 2.77. The highest BCUT2D eigenvalue weighted by atomic mass is 16.6. The van der Waals surface area contributed by atoms with Gasteiger partial charge in [0, 0.05) is 5.69 Å². The topological polar surface area (TPSA) is 73.9 Å². The van der Waals surface area contributed by atoms with Crippen LogP contribution < -0.4 is 14.8 Å². The fraction of sp³-hybridized carbons (Fsp3) is 0.200. The highest BCUT2D eigenvalue weighted by Crippen LogP contribution is 2.19. The molecule has 0 aliphatic rings. The van der Waals surface area contributed by atoms with Crippen molar-refractivity contribution < 1.29 is 23.8 Å². The van der Waals surface area contributed by atoms with E-state index in [9.17, 15) is 9.59 Å². The molecule has 0 aliphatic heterocycles. The van der Waals surface area contributed by atoms with Gasteiger partial charge in [-0.25, -0.2) is 4.79 Å². The quantitative estimate of drug-likeness (QED) is 0.516. The number of benzene rings is 3. The van der Waals surface area contributed by atoms with Crippen molar-refractivity contribution in [1.82, 2.24) is 0 Å². The summed E-state index contributed by atoms with van der Waals surface area (Å²) in [4.78, 5) is 24.2. The maximum absolute atomic E-state index is 12.2. The van der Waals surface area contributed by atoms with E-state index < -0.39 is 18.0 Å². The molecule has 1 amide bonds. The Morgan fingerprint density at radius 1 is 0.871 bits per heavy atom. The molecule has 1 N–H and O–H groups in total. The van der Waals surface area contributed by atoms with Crippen LogP contribution in [-0.2, 0) is 20.9 Å². The van der Waals surface area contributed by atoms with E-state index in [2.05, 4.69) is 5.32 Å². The first-order valence-electron chi connectivity index (χ1n) is 9.96. The molecule has 160 valence electrons. The van der Waals surface area contributed by atoms with Crippen LogP contribution in [0.2, 0.25) is 0 Å². The van der Waals surface area contributed by atoms with Gasteiger partial charge in [0.15, 0.2) is 12.7 Å². The Hall–Kier alpha value is -3.80. The monoisotopic (exact) mass is 419 g/mol. The van der Waals surface area contributed by atoms with Gasteiger partial charge in [0.25, 0.3) is 5.91 Å². The lowest BCUT2D eigenvalue weighted by atomic mass is 10.2. The second kappa shape index (κ2) is 10.8. The molecule has 0 aromatic heterocycles. The molecule has 0 fully saturated rings. The number of ether oxygens (including phenoxy) is 3. The maximum atomic E-state index is 12.2. The van der Waals surface area contributed by atoms with Crippen LogP contribution in [0.3, 0.4) is 0 Å². The van der Waals surface area contributed by atoms with E-state index in [-0.39, 0.29) is 6.61 Å². The van der Waals surface area contributed by atoms with Crippen molar-refractivity contribution in [2.24, 2.45) is 0 Å². The zero-order chi connectivity index (χ0) is 22.1. The number of amides is 1. The van der Waals surface area contributed by atoms with Crippen molar-refractivity contribution in [3.05, 3.63) is 90.0 Å². The molecule has 0 unspecified atom stereocenters. The van der Waals surface area contributed by atoms with Gasteiger partial charge in [-0.2, -0.15) is 0 Å². The predicted molar refractivity (Wildman–Crippen MR) is 118 cm³/mol. The molecule has 0 spiro atoms. The molecule has 3 aromatic rings. The number of anilines is 1. The Kier molecular flexibility index (Phi) is 7.65. The van der Waals surface area contributed by atoms with Gasteiger partial charge in [-0.05, 0) is 61.4 Å². The van der Waals surface area contributed by atoms with E-state index in [4.69, 9.17) is 14.2 Å². The number of carbonyl (C=O) groups is 2. The number of hydrogen-bond donors (Lipinski definition) is 1. The van der Waals surface area contributed by atoms with Crippen LogP contribution in [0, 0.1) is 6.92 Å². The number of nitrogens with one attached hydrogen (secondary N) is 1. The second-order valence-corrected chi connectivity index (χ2v) is 7.03. The van der Waals surface area contributed by atoms with E-state index in [1.54, 1.807) is 30.3 Å². The lowest BCUT2D eigenvalue weighted by Gasteiger charge is -2.14. The summed E-state index contributed by atoms with van der Waals surface area (Å²) >= 11 is 0. The molecule has 0 saturated carbocycles. The minimum absolute atomic E-state index is 0.299. The van der Waals surface area contributed by atoms with Crippen molar-refractivity contribution in [3.8, 4) is 11.5 Å². The molecule has 1 atom stereocenters. The molecule has 6 heteroatoms. The van der Waals surface area contributed by atoms with Crippen LogP contribution in [0.4, 0.5) is 5.69 Å². The molecule has 0 bridgehead atoms. The third kappa shape index (κ3) is 7.19. The average molecular weight is 419 g/mol. The Morgan fingerprint density at radius 2 is 1.55 bits per heavy atom. The van der Waals surface area contributed by atoms with Gasteiger partial charge in [-0.1, -0.05) is 42.5 Å². The number of hydrogen-bond acceptors (Lipinski definition) is 5. The Labute approximate surface area is 181 Å². The summed E-state index contributed by atoms with van der Waals surface area (Å²) in [6.07, 6.45) is -0.939. The van der Waals surface area contributed by atoms with Gasteiger partial charge in [-0.15, -0.1) is 0 Å². The number of esters is 1. The fourth-order valence-corrected chi connectivity index (χ4v) is 2.77. The highest BCUT2D eigenvalue weighted by Gasteiger charge is 2.18. The zero-order valence-electron chi connectivity index (χ0n) is 17.5. The van der Waals surface area contributed by atoms with Crippen molar-refractivity contribution in [2.75, 3.05) is 11.9 Å². The number of aryl methyl sites for hydroxylation is 1. The number of carbonyl (C=O) groups excluding carboxylic acids is 2. The minimum atomic E-state index is -0.939. The molecule has 3 aromatic carbocycles.